The number of halogens is 2. The summed E-state index contributed by atoms with van der Waals surface area (Å²) in [6, 6.07) is 11.1. The highest BCUT2D eigenvalue weighted by Crippen LogP contribution is 2.23. The Kier molecular flexibility index (Phi) is 6.95. The van der Waals surface area contributed by atoms with Gasteiger partial charge in [0.2, 0.25) is 0 Å². The van der Waals surface area contributed by atoms with Gasteiger partial charge in [0, 0.05) is 36.7 Å². The Morgan fingerprint density at radius 1 is 1.13 bits per heavy atom. The van der Waals surface area contributed by atoms with Crippen LogP contribution in [0.4, 0.5) is 4.39 Å². The molecular formula is C22H25ClFN3O3. The van der Waals surface area contributed by atoms with E-state index in [9.17, 15) is 14.0 Å². The molecule has 0 unspecified atom stereocenters. The van der Waals surface area contributed by atoms with Crippen molar-refractivity contribution >= 4 is 23.4 Å². The Hall–Kier alpha value is -2.64. The van der Waals surface area contributed by atoms with Crippen molar-refractivity contribution in [3.63, 3.8) is 0 Å². The number of hydrogen-bond acceptors (Lipinski definition) is 4. The Balaban J connectivity index is 1.60. The van der Waals surface area contributed by atoms with Crippen LogP contribution < -0.4 is 10.5 Å². The summed E-state index contributed by atoms with van der Waals surface area (Å²) in [6.45, 7) is 5.78. The van der Waals surface area contributed by atoms with E-state index in [1.165, 1.54) is 24.3 Å². The minimum atomic E-state index is -0.670. The lowest BCUT2D eigenvalue weighted by Crippen LogP contribution is -2.58. The van der Waals surface area contributed by atoms with E-state index >= 15 is 0 Å². The molecule has 0 spiro atoms. The fourth-order valence-corrected chi connectivity index (χ4v) is 3.81. The number of carbonyl (C=O) groups excluding carboxylic acids is 2. The summed E-state index contributed by atoms with van der Waals surface area (Å²) in [6.07, 6.45) is 0. The summed E-state index contributed by atoms with van der Waals surface area (Å²) in [4.78, 5) is 28.4. The van der Waals surface area contributed by atoms with Crippen LogP contribution >= 0.6 is 11.6 Å². The largest absolute Gasteiger partial charge is 0.483 e. The van der Waals surface area contributed by atoms with Crippen LogP contribution in [0.1, 0.15) is 29.8 Å². The van der Waals surface area contributed by atoms with Gasteiger partial charge < -0.3 is 15.4 Å². The number of nitrogens with two attached hydrogens (primary N) is 1. The van der Waals surface area contributed by atoms with E-state index in [0.717, 1.165) is 5.56 Å². The molecule has 0 saturated carbocycles. The number of piperazine rings is 1. The van der Waals surface area contributed by atoms with E-state index in [0.29, 0.717) is 24.7 Å². The smallest absolute Gasteiger partial charge is 0.260 e. The van der Waals surface area contributed by atoms with Crippen LogP contribution in [0.3, 0.4) is 0 Å². The zero-order valence-electron chi connectivity index (χ0n) is 17.0. The second kappa shape index (κ2) is 9.45. The van der Waals surface area contributed by atoms with Crippen LogP contribution in [0, 0.1) is 5.82 Å². The first kappa shape index (κ1) is 22.1. The van der Waals surface area contributed by atoms with Crippen LogP contribution in [-0.2, 0) is 11.3 Å². The Morgan fingerprint density at radius 3 is 2.50 bits per heavy atom. The molecule has 3 rings (SSSR count). The van der Waals surface area contributed by atoms with Gasteiger partial charge in [0.25, 0.3) is 11.8 Å². The summed E-state index contributed by atoms with van der Waals surface area (Å²) in [7, 11) is 0. The normalized spacial score (nSPS) is 19.5. The molecule has 30 heavy (non-hydrogen) atoms. The van der Waals surface area contributed by atoms with Crippen LogP contribution in [-0.4, -0.2) is 53.4 Å². The Morgan fingerprint density at radius 2 is 1.83 bits per heavy atom. The predicted octanol–water partition coefficient (Wildman–Crippen LogP) is 3.08. The monoisotopic (exact) mass is 433 g/mol. The lowest BCUT2D eigenvalue weighted by Gasteiger charge is -2.44. The molecule has 2 aromatic carbocycles. The lowest BCUT2D eigenvalue weighted by atomic mass is 10.1. The lowest BCUT2D eigenvalue weighted by molar-refractivity contribution is -0.139. The molecule has 0 bridgehead atoms. The van der Waals surface area contributed by atoms with Gasteiger partial charge in [-0.3, -0.25) is 14.5 Å². The van der Waals surface area contributed by atoms with Gasteiger partial charge in [-0.1, -0.05) is 23.7 Å². The molecule has 2 atom stereocenters. The minimum Gasteiger partial charge on any atom is -0.483 e. The topological polar surface area (TPSA) is 75.9 Å². The molecule has 1 aliphatic rings. The van der Waals surface area contributed by atoms with Gasteiger partial charge in [-0.15, -0.1) is 0 Å². The number of ether oxygens (including phenoxy) is 1. The number of rotatable bonds is 6. The fraction of sp³-hybridized carbons (Fsp3) is 0.364. The molecular weight excluding hydrogens is 409 g/mol. The van der Waals surface area contributed by atoms with E-state index in [2.05, 4.69) is 11.8 Å². The van der Waals surface area contributed by atoms with Crippen molar-refractivity contribution in [3.05, 3.63) is 64.4 Å². The third-order valence-corrected chi connectivity index (χ3v) is 5.53. The molecule has 1 heterocycles. The quantitative estimate of drug-likeness (QED) is 0.759. The third kappa shape index (κ3) is 5.29. The average Bonchev–Trinajstić information content (AvgIpc) is 2.70. The summed E-state index contributed by atoms with van der Waals surface area (Å²) in [5.41, 5.74) is 6.53. The summed E-state index contributed by atoms with van der Waals surface area (Å²) in [5, 5.41) is 0.363. The SMILES string of the molecule is C[C@@H]1CN(C(=O)COc2ccc(Cl)cc2C(N)=O)[C@H](C)CN1Cc1ccc(F)cc1. The van der Waals surface area contributed by atoms with Crippen molar-refractivity contribution in [2.45, 2.75) is 32.5 Å². The molecule has 0 aromatic heterocycles. The third-order valence-electron chi connectivity index (χ3n) is 5.29. The minimum absolute atomic E-state index is 0.0152. The van der Waals surface area contributed by atoms with Crippen LogP contribution in [0.5, 0.6) is 5.75 Å². The zero-order chi connectivity index (χ0) is 21.8. The van der Waals surface area contributed by atoms with Crippen LogP contribution in [0.2, 0.25) is 5.02 Å². The maximum atomic E-state index is 13.1. The second-order valence-electron chi connectivity index (χ2n) is 7.59. The maximum absolute atomic E-state index is 13.1. The van der Waals surface area contributed by atoms with Crippen LogP contribution in [0.15, 0.2) is 42.5 Å². The van der Waals surface area contributed by atoms with Crippen LogP contribution in [0.25, 0.3) is 0 Å². The first-order valence-electron chi connectivity index (χ1n) is 9.74. The molecule has 0 radical (unpaired) electrons. The molecule has 160 valence electrons. The summed E-state index contributed by atoms with van der Waals surface area (Å²) >= 11 is 5.90. The molecule has 2 N–H and O–H groups in total. The molecule has 8 heteroatoms. The van der Waals surface area contributed by atoms with Crippen molar-refractivity contribution in [3.8, 4) is 5.75 Å². The molecule has 1 fully saturated rings. The molecule has 2 aromatic rings. The maximum Gasteiger partial charge on any atom is 0.260 e. The van der Waals surface area contributed by atoms with E-state index < -0.39 is 5.91 Å². The Labute approximate surface area is 180 Å². The summed E-state index contributed by atoms with van der Waals surface area (Å²) < 4.78 is 18.7. The van der Waals surface area contributed by atoms with Gasteiger partial charge in [0.1, 0.15) is 11.6 Å². The van der Waals surface area contributed by atoms with E-state index in [-0.39, 0.29) is 41.7 Å². The van der Waals surface area contributed by atoms with Crippen molar-refractivity contribution in [1.29, 1.82) is 0 Å². The van der Waals surface area contributed by atoms with Gasteiger partial charge in [0.05, 0.1) is 5.56 Å². The van der Waals surface area contributed by atoms with Gasteiger partial charge in [-0.2, -0.15) is 0 Å². The highest BCUT2D eigenvalue weighted by molar-refractivity contribution is 6.31. The van der Waals surface area contributed by atoms with Crippen molar-refractivity contribution in [1.82, 2.24) is 9.80 Å². The molecule has 0 aliphatic carbocycles. The number of hydrogen-bond donors (Lipinski definition) is 1. The summed E-state index contributed by atoms with van der Waals surface area (Å²) in [5.74, 6) is -0.857. The van der Waals surface area contributed by atoms with Crippen molar-refractivity contribution in [2.75, 3.05) is 19.7 Å². The number of amides is 2. The second-order valence-corrected chi connectivity index (χ2v) is 8.03. The van der Waals surface area contributed by atoms with E-state index in [4.69, 9.17) is 22.1 Å². The Bertz CT molecular complexity index is 922. The van der Waals surface area contributed by atoms with E-state index in [1.54, 1.807) is 23.1 Å². The first-order valence-corrected chi connectivity index (χ1v) is 10.1. The standard InChI is InChI=1S/C22H25ClFN3O3/c1-14-11-27(15(2)10-26(14)12-16-3-6-18(24)7-4-16)21(28)13-30-20-8-5-17(23)9-19(20)22(25)29/h3-9,14-15H,10-13H2,1-2H3,(H2,25,29)/t14-,15-/m1/s1. The fourth-order valence-electron chi connectivity index (χ4n) is 3.63. The predicted molar refractivity (Wildman–Crippen MR) is 113 cm³/mol. The number of benzene rings is 2. The zero-order valence-corrected chi connectivity index (χ0v) is 17.7. The van der Waals surface area contributed by atoms with Gasteiger partial charge in [-0.05, 0) is 49.7 Å². The number of nitrogens with zero attached hydrogens (tertiary/aromatic N) is 2. The first-order chi connectivity index (χ1) is 14.2. The van der Waals surface area contributed by atoms with Gasteiger partial charge in [0.15, 0.2) is 6.61 Å². The highest BCUT2D eigenvalue weighted by atomic mass is 35.5. The van der Waals surface area contributed by atoms with Crippen molar-refractivity contribution in [2.24, 2.45) is 5.73 Å². The number of carbonyl (C=O) groups is 2. The molecule has 1 saturated heterocycles. The molecule has 6 nitrogen and oxygen atoms in total. The molecule has 1 aliphatic heterocycles. The highest BCUT2D eigenvalue weighted by Gasteiger charge is 2.32. The van der Waals surface area contributed by atoms with Gasteiger partial charge in [-0.25, -0.2) is 4.39 Å². The average molecular weight is 434 g/mol. The van der Waals surface area contributed by atoms with Gasteiger partial charge >= 0.3 is 0 Å². The molecule has 2 amide bonds. The van der Waals surface area contributed by atoms with Crippen molar-refractivity contribution < 1.29 is 18.7 Å². The van der Waals surface area contributed by atoms with E-state index in [1.807, 2.05) is 6.92 Å². The number of primary amides is 1.